The highest BCUT2D eigenvalue weighted by Crippen LogP contribution is 2.20. The number of carbonyl (C=O) groups is 2. The number of sulfone groups is 1. The number of nitrogens with one attached hydrogen (secondary N) is 1. The van der Waals surface area contributed by atoms with Crippen molar-refractivity contribution in [3.8, 4) is 0 Å². The van der Waals surface area contributed by atoms with Gasteiger partial charge in [-0.3, -0.25) is 0 Å². The second kappa shape index (κ2) is 5.72. The molecular formula is C13H16N2O5S. The van der Waals surface area contributed by atoms with E-state index < -0.39 is 15.8 Å². The molecule has 1 heterocycles. The summed E-state index contributed by atoms with van der Waals surface area (Å²) in [4.78, 5) is 23.9. The van der Waals surface area contributed by atoms with Gasteiger partial charge in [0.1, 0.15) is 0 Å². The van der Waals surface area contributed by atoms with Crippen molar-refractivity contribution in [2.75, 3.05) is 25.4 Å². The minimum atomic E-state index is -3.64. The van der Waals surface area contributed by atoms with E-state index >= 15 is 0 Å². The Labute approximate surface area is 122 Å². The SMILES string of the molecule is Cc1c(C(=O)O)cccc1S(=O)(=O)CCN1CCNC1=O. The average molecular weight is 312 g/mol. The zero-order valence-electron chi connectivity index (χ0n) is 11.5. The first-order valence-electron chi connectivity index (χ1n) is 6.41. The number of amides is 2. The Balaban J connectivity index is 2.22. The van der Waals surface area contributed by atoms with Gasteiger partial charge >= 0.3 is 12.0 Å². The third kappa shape index (κ3) is 3.15. The number of carboxylic acid groups (broad SMARTS) is 1. The molecule has 1 aromatic carbocycles. The van der Waals surface area contributed by atoms with E-state index in [0.717, 1.165) is 0 Å². The van der Waals surface area contributed by atoms with Gasteiger partial charge in [-0.05, 0) is 24.6 Å². The first-order valence-corrected chi connectivity index (χ1v) is 8.06. The Bertz CT molecular complexity index is 684. The standard InChI is InChI=1S/C13H16N2O5S/c1-9-10(12(16)17)3-2-4-11(9)21(19,20)8-7-15-6-5-14-13(15)18/h2-4H,5-8H2,1H3,(H,14,18)(H,16,17). The van der Waals surface area contributed by atoms with Crippen LogP contribution in [0.5, 0.6) is 0 Å². The molecule has 0 aromatic heterocycles. The normalized spacial score (nSPS) is 15.1. The van der Waals surface area contributed by atoms with Crippen molar-refractivity contribution >= 4 is 21.8 Å². The Hall–Kier alpha value is -2.09. The summed E-state index contributed by atoms with van der Waals surface area (Å²) in [5.41, 5.74) is 0.186. The Morgan fingerprint density at radius 1 is 1.43 bits per heavy atom. The van der Waals surface area contributed by atoms with Crippen molar-refractivity contribution < 1.29 is 23.1 Å². The van der Waals surface area contributed by atoms with Crippen LogP contribution >= 0.6 is 0 Å². The van der Waals surface area contributed by atoms with Gasteiger partial charge in [0, 0.05) is 19.6 Å². The van der Waals surface area contributed by atoms with Crippen LogP contribution < -0.4 is 5.32 Å². The maximum Gasteiger partial charge on any atom is 0.335 e. The van der Waals surface area contributed by atoms with E-state index in [0.29, 0.717) is 13.1 Å². The number of carboxylic acids is 1. The summed E-state index contributed by atoms with van der Waals surface area (Å²) in [5, 5.41) is 11.6. The largest absolute Gasteiger partial charge is 0.478 e. The first-order chi connectivity index (χ1) is 9.83. The number of benzene rings is 1. The van der Waals surface area contributed by atoms with Gasteiger partial charge in [0.25, 0.3) is 0 Å². The van der Waals surface area contributed by atoms with E-state index in [1.165, 1.54) is 30.0 Å². The molecule has 0 spiro atoms. The number of hydrogen-bond acceptors (Lipinski definition) is 4. The molecule has 0 bridgehead atoms. The molecule has 21 heavy (non-hydrogen) atoms. The van der Waals surface area contributed by atoms with Crippen molar-refractivity contribution in [1.82, 2.24) is 10.2 Å². The summed E-state index contributed by atoms with van der Waals surface area (Å²) in [5.74, 6) is -1.40. The fourth-order valence-electron chi connectivity index (χ4n) is 2.25. The fourth-order valence-corrected chi connectivity index (χ4v) is 3.79. The van der Waals surface area contributed by atoms with Crippen LogP contribution in [0.2, 0.25) is 0 Å². The van der Waals surface area contributed by atoms with Crippen LogP contribution in [0, 0.1) is 6.92 Å². The molecular weight excluding hydrogens is 296 g/mol. The molecule has 1 aromatic rings. The van der Waals surface area contributed by atoms with Gasteiger partial charge in [-0.2, -0.15) is 0 Å². The predicted molar refractivity (Wildman–Crippen MR) is 75.2 cm³/mol. The highest BCUT2D eigenvalue weighted by molar-refractivity contribution is 7.91. The number of carbonyl (C=O) groups excluding carboxylic acids is 1. The van der Waals surface area contributed by atoms with Gasteiger partial charge in [-0.25, -0.2) is 18.0 Å². The van der Waals surface area contributed by atoms with Gasteiger partial charge in [0.05, 0.1) is 16.2 Å². The van der Waals surface area contributed by atoms with Crippen LogP contribution in [0.3, 0.4) is 0 Å². The highest BCUT2D eigenvalue weighted by atomic mass is 32.2. The number of urea groups is 1. The van der Waals surface area contributed by atoms with Crippen LogP contribution in [0.25, 0.3) is 0 Å². The van der Waals surface area contributed by atoms with E-state index in [-0.39, 0.29) is 34.4 Å². The lowest BCUT2D eigenvalue weighted by atomic mass is 10.1. The number of nitrogens with zero attached hydrogens (tertiary/aromatic N) is 1. The Morgan fingerprint density at radius 2 is 2.14 bits per heavy atom. The van der Waals surface area contributed by atoms with Crippen molar-refractivity contribution in [3.05, 3.63) is 29.3 Å². The second-order valence-electron chi connectivity index (χ2n) is 4.77. The Kier molecular flexibility index (Phi) is 4.17. The van der Waals surface area contributed by atoms with Gasteiger partial charge in [0.15, 0.2) is 9.84 Å². The summed E-state index contributed by atoms with van der Waals surface area (Å²) in [7, 11) is -3.64. The summed E-state index contributed by atoms with van der Waals surface area (Å²) >= 11 is 0. The maximum absolute atomic E-state index is 12.3. The summed E-state index contributed by atoms with van der Waals surface area (Å²) in [6.45, 7) is 2.54. The van der Waals surface area contributed by atoms with Crippen LogP contribution in [0.1, 0.15) is 15.9 Å². The third-order valence-corrected chi connectivity index (χ3v) is 5.26. The topological polar surface area (TPSA) is 104 Å². The molecule has 1 saturated heterocycles. The average Bonchev–Trinajstić information content (AvgIpc) is 2.82. The van der Waals surface area contributed by atoms with E-state index in [1.54, 1.807) is 0 Å². The molecule has 7 nitrogen and oxygen atoms in total. The number of rotatable bonds is 5. The molecule has 1 fully saturated rings. The maximum atomic E-state index is 12.3. The molecule has 0 saturated carbocycles. The lowest BCUT2D eigenvalue weighted by molar-refractivity contribution is 0.0695. The first kappa shape index (κ1) is 15.3. The van der Waals surface area contributed by atoms with E-state index in [4.69, 9.17) is 5.11 Å². The monoisotopic (exact) mass is 312 g/mol. The molecule has 114 valence electrons. The summed E-state index contributed by atoms with van der Waals surface area (Å²) in [6, 6.07) is 3.89. The quantitative estimate of drug-likeness (QED) is 0.823. The van der Waals surface area contributed by atoms with Crippen molar-refractivity contribution in [1.29, 1.82) is 0 Å². The van der Waals surface area contributed by atoms with Gasteiger partial charge in [-0.1, -0.05) is 6.07 Å². The molecule has 8 heteroatoms. The predicted octanol–water partition coefficient (Wildman–Crippen LogP) is 0.492. The second-order valence-corrected chi connectivity index (χ2v) is 6.85. The molecule has 2 N–H and O–H groups in total. The highest BCUT2D eigenvalue weighted by Gasteiger charge is 2.25. The van der Waals surface area contributed by atoms with Crippen LogP contribution in [0.15, 0.2) is 23.1 Å². The van der Waals surface area contributed by atoms with Gasteiger partial charge < -0.3 is 15.3 Å². The van der Waals surface area contributed by atoms with Crippen molar-refractivity contribution in [2.45, 2.75) is 11.8 Å². The molecule has 1 aliphatic heterocycles. The zero-order valence-corrected chi connectivity index (χ0v) is 12.3. The van der Waals surface area contributed by atoms with E-state index in [1.807, 2.05) is 0 Å². The van der Waals surface area contributed by atoms with Crippen LogP contribution in [-0.4, -0.2) is 55.8 Å². The smallest absolute Gasteiger partial charge is 0.335 e. The third-order valence-electron chi connectivity index (χ3n) is 3.42. The fraction of sp³-hybridized carbons (Fsp3) is 0.385. The van der Waals surface area contributed by atoms with Crippen molar-refractivity contribution in [2.24, 2.45) is 0 Å². The minimum absolute atomic E-state index is 0.00186. The molecule has 0 radical (unpaired) electrons. The lowest BCUT2D eigenvalue weighted by Crippen LogP contribution is -2.32. The summed E-state index contributed by atoms with van der Waals surface area (Å²) < 4.78 is 24.7. The number of hydrogen-bond donors (Lipinski definition) is 2. The van der Waals surface area contributed by atoms with E-state index in [9.17, 15) is 18.0 Å². The molecule has 0 aliphatic carbocycles. The lowest BCUT2D eigenvalue weighted by Gasteiger charge is -2.15. The molecule has 0 unspecified atom stereocenters. The van der Waals surface area contributed by atoms with Gasteiger partial charge in [-0.15, -0.1) is 0 Å². The zero-order chi connectivity index (χ0) is 15.6. The number of aromatic carboxylic acids is 1. The molecule has 2 rings (SSSR count). The molecule has 1 aliphatic rings. The molecule has 0 atom stereocenters. The Morgan fingerprint density at radius 3 is 2.71 bits per heavy atom. The van der Waals surface area contributed by atoms with Gasteiger partial charge in [0.2, 0.25) is 0 Å². The van der Waals surface area contributed by atoms with E-state index in [2.05, 4.69) is 5.32 Å². The van der Waals surface area contributed by atoms with Crippen LogP contribution in [-0.2, 0) is 9.84 Å². The molecule has 2 amide bonds. The summed E-state index contributed by atoms with van der Waals surface area (Å²) in [6.07, 6.45) is 0. The van der Waals surface area contributed by atoms with Crippen LogP contribution in [0.4, 0.5) is 4.79 Å². The van der Waals surface area contributed by atoms with Crippen molar-refractivity contribution in [3.63, 3.8) is 0 Å². The minimum Gasteiger partial charge on any atom is -0.478 e.